The number of carbonyl (C=O) groups excluding carboxylic acids is 3. The molecule has 1 N–H and O–H groups in total. The van der Waals surface area contributed by atoms with Gasteiger partial charge in [0, 0.05) is 5.56 Å². The summed E-state index contributed by atoms with van der Waals surface area (Å²) in [5.74, 6) is -1.49. The normalized spacial score (nSPS) is 15.9. The molecular formula is C33H30N2O7S. The summed E-state index contributed by atoms with van der Waals surface area (Å²) in [4.78, 5) is 45.2. The topological polar surface area (TPSA) is 115 Å². The Kier molecular flexibility index (Phi) is 8.58. The van der Waals surface area contributed by atoms with E-state index >= 15 is 0 Å². The molecule has 43 heavy (non-hydrogen) atoms. The Hall–Kier alpha value is -4.96. The third-order valence-corrected chi connectivity index (χ3v) is 8.23. The molecule has 1 saturated heterocycles. The van der Waals surface area contributed by atoms with Crippen molar-refractivity contribution in [2.45, 2.75) is 33.4 Å². The van der Waals surface area contributed by atoms with E-state index in [1.807, 2.05) is 38.1 Å². The lowest BCUT2D eigenvalue weighted by atomic mass is 9.95. The van der Waals surface area contributed by atoms with E-state index in [4.69, 9.17) is 14.2 Å². The summed E-state index contributed by atoms with van der Waals surface area (Å²) >= 11 is 0.943. The first-order valence-corrected chi connectivity index (χ1v) is 14.4. The number of aliphatic hydroxyl groups excluding tert-OH is 1. The van der Waals surface area contributed by atoms with Crippen molar-refractivity contribution >= 4 is 39.9 Å². The SMILES string of the molecule is CCOc1ccc(C2C(=C(O)c3ccc(OCc4ccccc4C)cc3)C(=O)C(=O)N2c2nc(C)c(C(=O)OC)s2)cc1. The predicted molar refractivity (Wildman–Crippen MR) is 163 cm³/mol. The molecule has 0 saturated carbocycles. The zero-order valence-electron chi connectivity index (χ0n) is 24.1. The Morgan fingerprint density at radius 2 is 1.60 bits per heavy atom. The van der Waals surface area contributed by atoms with Crippen molar-refractivity contribution in [3.8, 4) is 11.5 Å². The van der Waals surface area contributed by atoms with Crippen LogP contribution in [0.15, 0.2) is 78.4 Å². The van der Waals surface area contributed by atoms with E-state index in [1.165, 1.54) is 12.0 Å². The van der Waals surface area contributed by atoms with Crippen molar-refractivity contribution in [3.63, 3.8) is 0 Å². The van der Waals surface area contributed by atoms with Crippen molar-refractivity contribution in [1.82, 2.24) is 4.98 Å². The summed E-state index contributed by atoms with van der Waals surface area (Å²) in [7, 11) is 1.26. The molecule has 5 rings (SSSR count). The monoisotopic (exact) mass is 598 g/mol. The minimum atomic E-state index is -1.01. The number of Topliss-reactive ketones (excluding diaryl/α,β-unsaturated/α-hetero) is 1. The molecule has 1 atom stereocenters. The first-order valence-electron chi connectivity index (χ1n) is 13.6. The molecule has 2 heterocycles. The number of aliphatic hydroxyl groups is 1. The zero-order chi connectivity index (χ0) is 30.7. The summed E-state index contributed by atoms with van der Waals surface area (Å²) in [6.07, 6.45) is 0. The van der Waals surface area contributed by atoms with Gasteiger partial charge in [0.15, 0.2) is 5.13 Å². The molecular weight excluding hydrogens is 568 g/mol. The van der Waals surface area contributed by atoms with Crippen molar-refractivity contribution in [3.05, 3.63) is 111 Å². The number of aryl methyl sites for hydroxylation is 2. The van der Waals surface area contributed by atoms with Gasteiger partial charge >= 0.3 is 11.9 Å². The van der Waals surface area contributed by atoms with Crippen LogP contribution in [0.4, 0.5) is 5.13 Å². The summed E-state index contributed by atoms with van der Waals surface area (Å²) in [6.45, 7) is 6.35. The highest BCUT2D eigenvalue weighted by molar-refractivity contribution is 7.17. The van der Waals surface area contributed by atoms with E-state index in [-0.39, 0.29) is 21.3 Å². The second-order valence-electron chi connectivity index (χ2n) is 9.81. The van der Waals surface area contributed by atoms with Crippen molar-refractivity contribution < 1.29 is 33.7 Å². The second-order valence-corrected chi connectivity index (χ2v) is 10.8. The summed E-state index contributed by atoms with van der Waals surface area (Å²) in [6, 6.07) is 20.5. The molecule has 0 radical (unpaired) electrons. The molecule has 1 amide bonds. The highest BCUT2D eigenvalue weighted by atomic mass is 32.1. The Morgan fingerprint density at radius 3 is 2.26 bits per heavy atom. The number of anilines is 1. The number of hydrogen-bond donors (Lipinski definition) is 1. The molecule has 4 aromatic rings. The Labute approximate surface area is 253 Å². The molecule has 1 aliphatic rings. The van der Waals surface area contributed by atoms with Gasteiger partial charge in [-0.2, -0.15) is 0 Å². The standard InChI is InChI=1S/C33H30N2O7S/c1-5-41-24-14-10-21(11-15-24)27-26(29(37)31(38)35(27)33-34-20(3)30(43-33)32(39)40-4)28(36)22-12-16-25(17-13-22)42-18-23-9-7-6-8-19(23)2/h6-17,27,36H,5,18H2,1-4H3. The third-order valence-electron chi connectivity index (χ3n) is 7.10. The zero-order valence-corrected chi connectivity index (χ0v) is 24.9. The maximum Gasteiger partial charge on any atom is 0.350 e. The number of nitrogens with zero attached hydrogens (tertiary/aromatic N) is 2. The molecule has 0 aliphatic carbocycles. The van der Waals surface area contributed by atoms with Gasteiger partial charge < -0.3 is 19.3 Å². The Bertz CT molecular complexity index is 1710. The van der Waals surface area contributed by atoms with Crippen LogP contribution in [0.3, 0.4) is 0 Å². The molecule has 10 heteroatoms. The van der Waals surface area contributed by atoms with E-state index in [0.717, 1.165) is 22.5 Å². The minimum Gasteiger partial charge on any atom is -0.507 e. The number of esters is 1. The van der Waals surface area contributed by atoms with Crippen LogP contribution in [0.5, 0.6) is 11.5 Å². The van der Waals surface area contributed by atoms with Crippen LogP contribution < -0.4 is 14.4 Å². The van der Waals surface area contributed by atoms with E-state index in [0.29, 0.717) is 41.5 Å². The van der Waals surface area contributed by atoms with Crippen LogP contribution in [0, 0.1) is 13.8 Å². The van der Waals surface area contributed by atoms with Crippen molar-refractivity contribution in [2.75, 3.05) is 18.6 Å². The quantitative estimate of drug-likeness (QED) is 0.106. The number of methoxy groups -OCH3 is 1. The predicted octanol–water partition coefficient (Wildman–Crippen LogP) is 6.15. The van der Waals surface area contributed by atoms with Gasteiger partial charge in [0.1, 0.15) is 28.7 Å². The lowest BCUT2D eigenvalue weighted by Gasteiger charge is -2.23. The van der Waals surface area contributed by atoms with Crippen LogP contribution in [0.1, 0.15) is 50.6 Å². The van der Waals surface area contributed by atoms with Crippen LogP contribution in [-0.2, 0) is 20.9 Å². The number of ether oxygens (including phenoxy) is 3. The maximum atomic E-state index is 13.5. The van der Waals surface area contributed by atoms with Gasteiger partial charge in [-0.3, -0.25) is 14.5 Å². The number of rotatable bonds is 9. The largest absolute Gasteiger partial charge is 0.507 e. The average molecular weight is 599 g/mol. The molecule has 0 spiro atoms. The number of carbonyl (C=O) groups is 3. The average Bonchev–Trinajstić information content (AvgIpc) is 3.52. The van der Waals surface area contributed by atoms with Gasteiger partial charge in [-0.15, -0.1) is 0 Å². The van der Waals surface area contributed by atoms with Gasteiger partial charge in [-0.25, -0.2) is 9.78 Å². The molecule has 1 aliphatic heterocycles. The van der Waals surface area contributed by atoms with Gasteiger partial charge in [0.25, 0.3) is 5.78 Å². The fraction of sp³-hybridized carbons (Fsp3) is 0.212. The maximum absolute atomic E-state index is 13.5. The number of benzene rings is 3. The first-order chi connectivity index (χ1) is 20.7. The van der Waals surface area contributed by atoms with Crippen molar-refractivity contribution in [1.29, 1.82) is 0 Å². The van der Waals surface area contributed by atoms with Gasteiger partial charge in [-0.1, -0.05) is 47.7 Å². The highest BCUT2D eigenvalue weighted by Gasteiger charge is 2.48. The van der Waals surface area contributed by atoms with Gasteiger partial charge in [0.2, 0.25) is 0 Å². The number of aromatic nitrogens is 1. The molecule has 3 aromatic carbocycles. The van der Waals surface area contributed by atoms with Gasteiger partial charge in [-0.05, 0) is 73.9 Å². The first kappa shape index (κ1) is 29.5. The van der Waals surface area contributed by atoms with E-state index in [2.05, 4.69) is 4.98 Å². The third kappa shape index (κ3) is 5.87. The molecule has 220 valence electrons. The Morgan fingerprint density at radius 1 is 0.953 bits per heavy atom. The minimum absolute atomic E-state index is 0.102. The number of ketones is 1. The number of hydrogen-bond acceptors (Lipinski definition) is 9. The van der Waals surface area contributed by atoms with E-state index in [1.54, 1.807) is 55.5 Å². The van der Waals surface area contributed by atoms with Crippen LogP contribution >= 0.6 is 11.3 Å². The fourth-order valence-electron chi connectivity index (χ4n) is 4.82. The molecule has 1 fully saturated rings. The van der Waals surface area contributed by atoms with Crippen LogP contribution in [0.2, 0.25) is 0 Å². The summed E-state index contributed by atoms with van der Waals surface area (Å²) in [5, 5.41) is 11.6. The molecule has 0 bridgehead atoms. The molecule has 9 nitrogen and oxygen atoms in total. The Balaban J connectivity index is 1.54. The summed E-state index contributed by atoms with van der Waals surface area (Å²) in [5.41, 5.74) is 3.32. The number of amides is 1. The lowest BCUT2D eigenvalue weighted by Crippen LogP contribution is -2.29. The lowest BCUT2D eigenvalue weighted by molar-refractivity contribution is -0.132. The summed E-state index contributed by atoms with van der Waals surface area (Å²) < 4.78 is 16.3. The van der Waals surface area contributed by atoms with Crippen molar-refractivity contribution in [2.24, 2.45) is 0 Å². The smallest absolute Gasteiger partial charge is 0.350 e. The second kappa shape index (κ2) is 12.5. The van der Waals surface area contributed by atoms with Crippen LogP contribution in [-0.4, -0.2) is 41.5 Å². The molecule has 1 aromatic heterocycles. The molecule has 1 unspecified atom stereocenters. The van der Waals surface area contributed by atoms with E-state index in [9.17, 15) is 19.5 Å². The highest BCUT2D eigenvalue weighted by Crippen LogP contribution is 2.44. The van der Waals surface area contributed by atoms with Gasteiger partial charge in [0.05, 0.1) is 31.0 Å². The fourth-order valence-corrected chi connectivity index (χ4v) is 5.84. The van der Waals surface area contributed by atoms with Crippen LogP contribution in [0.25, 0.3) is 5.76 Å². The number of thiazole rings is 1. The van der Waals surface area contributed by atoms with E-state index < -0.39 is 23.7 Å².